The number of hydrogen-bond donors (Lipinski definition) is 1. The second-order valence-corrected chi connectivity index (χ2v) is 7.76. The van der Waals surface area contributed by atoms with Crippen LogP contribution in [0.4, 0.5) is 10.1 Å². The Bertz CT molecular complexity index is 1140. The number of fused-ring (bicyclic) bond motifs is 1. The number of halogens is 1. The van der Waals surface area contributed by atoms with Crippen LogP contribution in [0.15, 0.2) is 42.5 Å². The number of nitrogens with one attached hydrogen (secondary N) is 1. The number of nitrogens with zero attached hydrogens (tertiary/aromatic N) is 2. The standard InChI is InChI=1S/C23H22FN3O6/c1-3-13(2)22(30)27(25-21(29)15-6-4-5-7-16(15)24)17-11-20(28)26(23(17)31)14-8-9-18-19(10-14)33-12-32-18/h4-10,13,17H,3,11-12H2,1-2H3,(H,25,29). The molecule has 0 bridgehead atoms. The highest BCUT2D eigenvalue weighted by atomic mass is 19.1. The molecule has 1 fully saturated rings. The first-order valence-electron chi connectivity index (χ1n) is 10.5. The SMILES string of the molecule is CCC(C)C(=O)N(NC(=O)c1ccccc1F)C1CC(=O)N(c2ccc3c(c2)OCO3)C1=O. The number of hydrogen-bond acceptors (Lipinski definition) is 6. The lowest BCUT2D eigenvalue weighted by atomic mass is 10.1. The van der Waals surface area contributed by atoms with Gasteiger partial charge in [-0.25, -0.2) is 14.3 Å². The first-order valence-corrected chi connectivity index (χ1v) is 10.5. The molecule has 33 heavy (non-hydrogen) atoms. The Morgan fingerprint density at radius 2 is 1.91 bits per heavy atom. The summed E-state index contributed by atoms with van der Waals surface area (Å²) in [6.07, 6.45) is 0.0959. The molecule has 2 aromatic carbocycles. The van der Waals surface area contributed by atoms with Crippen LogP contribution < -0.4 is 19.8 Å². The van der Waals surface area contributed by atoms with Gasteiger partial charge in [-0.2, -0.15) is 0 Å². The van der Waals surface area contributed by atoms with Crippen molar-refractivity contribution in [1.29, 1.82) is 0 Å². The average molecular weight is 455 g/mol. The van der Waals surface area contributed by atoms with Crippen LogP contribution in [0.2, 0.25) is 0 Å². The molecule has 0 aromatic heterocycles. The Morgan fingerprint density at radius 3 is 2.64 bits per heavy atom. The number of benzene rings is 2. The minimum Gasteiger partial charge on any atom is -0.454 e. The van der Waals surface area contributed by atoms with E-state index < -0.39 is 41.4 Å². The van der Waals surface area contributed by atoms with Gasteiger partial charge in [0.05, 0.1) is 17.7 Å². The van der Waals surface area contributed by atoms with Crippen molar-refractivity contribution in [2.45, 2.75) is 32.7 Å². The number of hydrazine groups is 1. The van der Waals surface area contributed by atoms with E-state index in [1.165, 1.54) is 30.3 Å². The lowest BCUT2D eigenvalue weighted by molar-refractivity contribution is -0.144. The molecule has 2 aliphatic rings. The molecule has 0 saturated carbocycles. The maximum Gasteiger partial charge on any atom is 0.272 e. The van der Waals surface area contributed by atoms with Crippen molar-refractivity contribution in [3.63, 3.8) is 0 Å². The van der Waals surface area contributed by atoms with Gasteiger partial charge in [0.25, 0.3) is 11.8 Å². The fourth-order valence-electron chi connectivity index (χ4n) is 3.63. The summed E-state index contributed by atoms with van der Waals surface area (Å²) in [4.78, 5) is 52.8. The predicted molar refractivity (Wildman–Crippen MR) is 114 cm³/mol. The summed E-state index contributed by atoms with van der Waals surface area (Å²) in [5, 5.41) is 0.857. The Kier molecular flexibility index (Phi) is 5.99. The molecule has 4 amide bonds. The highest BCUT2D eigenvalue weighted by molar-refractivity contribution is 6.23. The Hall–Kier alpha value is -3.95. The van der Waals surface area contributed by atoms with Crippen molar-refractivity contribution in [2.24, 2.45) is 5.92 Å². The number of imide groups is 1. The van der Waals surface area contributed by atoms with Gasteiger partial charge in [-0.3, -0.25) is 24.6 Å². The van der Waals surface area contributed by atoms with Crippen LogP contribution in [0.5, 0.6) is 11.5 Å². The van der Waals surface area contributed by atoms with Crippen LogP contribution in [-0.4, -0.2) is 41.5 Å². The maximum absolute atomic E-state index is 14.1. The molecule has 10 heteroatoms. The van der Waals surface area contributed by atoms with Crippen molar-refractivity contribution in [3.8, 4) is 11.5 Å². The molecule has 0 spiro atoms. The summed E-state index contributed by atoms with van der Waals surface area (Å²) in [5.74, 6) is -3.14. The highest BCUT2D eigenvalue weighted by Gasteiger charge is 2.46. The molecule has 9 nitrogen and oxygen atoms in total. The van der Waals surface area contributed by atoms with Gasteiger partial charge in [0.2, 0.25) is 18.6 Å². The summed E-state index contributed by atoms with van der Waals surface area (Å²) < 4.78 is 24.7. The van der Waals surface area contributed by atoms with Crippen LogP contribution in [0, 0.1) is 11.7 Å². The molecule has 2 atom stereocenters. The van der Waals surface area contributed by atoms with Crippen LogP contribution in [0.1, 0.15) is 37.0 Å². The largest absolute Gasteiger partial charge is 0.454 e. The van der Waals surface area contributed by atoms with Gasteiger partial charge in [0.15, 0.2) is 11.5 Å². The van der Waals surface area contributed by atoms with Crippen molar-refractivity contribution in [1.82, 2.24) is 10.4 Å². The Morgan fingerprint density at radius 1 is 1.18 bits per heavy atom. The van der Waals surface area contributed by atoms with Crippen LogP contribution >= 0.6 is 0 Å². The van der Waals surface area contributed by atoms with Gasteiger partial charge in [-0.1, -0.05) is 26.0 Å². The first kappa shape index (κ1) is 22.3. The summed E-state index contributed by atoms with van der Waals surface area (Å²) in [6.45, 7) is 3.45. The summed E-state index contributed by atoms with van der Waals surface area (Å²) in [5.41, 5.74) is 2.33. The van der Waals surface area contributed by atoms with E-state index in [1.54, 1.807) is 19.9 Å². The topological polar surface area (TPSA) is 105 Å². The number of amides is 4. The maximum atomic E-state index is 14.1. The number of carbonyl (C=O) groups excluding carboxylic acids is 4. The quantitative estimate of drug-likeness (QED) is 0.548. The summed E-state index contributed by atoms with van der Waals surface area (Å²) in [6, 6.07) is 8.61. The Balaban J connectivity index is 1.63. The van der Waals surface area contributed by atoms with E-state index in [0.717, 1.165) is 16.0 Å². The van der Waals surface area contributed by atoms with Gasteiger partial charge >= 0.3 is 0 Å². The second kappa shape index (κ2) is 8.89. The van der Waals surface area contributed by atoms with E-state index in [9.17, 15) is 23.6 Å². The summed E-state index contributed by atoms with van der Waals surface area (Å²) in [7, 11) is 0. The molecule has 2 unspecified atom stereocenters. The lowest BCUT2D eigenvalue weighted by Gasteiger charge is -2.30. The molecule has 2 heterocycles. The van der Waals surface area contributed by atoms with Crippen LogP contribution in [-0.2, 0) is 14.4 Å². The fourth-order valence-corrected chi connectivity index (χ4v) is 3.63. The van der Waals surface area contributed by atoms with Crippen molar-refractivity contribution in [2.75, 3.05) is 11.7 Å². The molecule has 2 aliphatic heterocycles. The third kappa shape index (κ3) is 4.11. The molecule has 4 rings (SSSR count). The number of ether oxygens (including phenoxy) is 2. The molecule has 2 aromatic rings. The molecular formula is C23H22FN3O6. The minimum atomic E-state index is -1.28. The zero-order valence-electron chi connectivity index (χ0n) is 18.0. The summed E-state index contributed by atoms with van der Waals surface area (Å²) >= 11 is 0. The number of rotatable bonds is 5. The lowest BCUT2D eigenvalue weighted by Crippen LogP contribution is -2.56. The zero-order valence-corrected chi connectivity index (χ0v) is 18.0. The normalized spacial score (nSPS) is 17.8. The number of carbonyl (C=O) groups is 4. The minimum absolute atomic E-state index is 0.0303. The van der Waals surface area contributed by atoms with Crippen molar-refractivity contribution < 1.29 is 33.0 Å². The molecule has 1 saturated heterocycles. The van der Waals surface area contributed by atoms with Gasteiger partial charge in [-0.15, -0.1) is 0 Å². The fraction of sp³-hybridized carbons (Fsp3) is 0.304. The molecular weight excluding hydrogens is 433 g/mol. The first-order chi connectivity index (χ1) is 15.8. The van der Waals surface area contributed by atoms with Gasteiger partial charge in [0, 0.05) is 12.0 Å². The van der Waals surface area contributed by atoms with E-state index in [4.69, 9.17) is 9.47 Å². The van der Waals surface area contributed by atoms with Crippen LogP contribution in [0.25, 0.3) is 0 Å². The van der Waals surface area contributed by atoms with Gasteiger partial charge in [-0.05, 0) is 30.7 Å². The van der Waals surface area contributed by atoms with E-state index >= 15 is 0 Å². The average Bonchev–Trinajstić information content (AvgIpc) is 3.39. The van der Waals surface area contributed by atoms with Crippen molar-refractivity contribution >= 4 is 29.3 Å². The van der Waals surface area contributed by atoms with Crippen LogP contribution in [0.3, 0.4) is 0 Å². The zero-order chi connectivity index (χ0) is 23.7. The molecule has 0 aliphatic carbocycles. The van der Waals surface area contributed by atoms with Gasteiger partial charge in [0.1, 0.15) is 11.9 Å². The molecule has 0 radical (unpaired) electrons. The van der Waals surface area contributed by atoms with E-state index in [0.29, 0.717) is 17.9 Å². The van der Waals surface area contributed by atoms with E-state index in [-0.39, 0.29) is 24.5 Å². The monoisotopic (exact) mass is 455 g/mol. The predicted octanol–water partition coefficient (Wildman–Crippen LogP) is 2.41. The van der Waals surface area contributed by atoms with E-state index in [1.807, 2.05) is 0 Å². The number of anilines is 1. The smallest absolute Gasteiger partial charge is 0.272 e. The molecule has 172 valence electrons. The van der Waals surface area contributed by atoms with E-state index in [2.05, 4.69) is 5.43 Å². The highest BCUT2D eigenvalue weighted by Crippen LogP contribution is 2.37. The second-order valence-electron chi connectivity index (χ2n) is 7.76. The molecule has 1 N–H and O–H groups in total. The van der Waals surface area contributed by atoms with Gasteiger partial charge < -0.3 is 9.47 Å². The van der Waals surface area contributed by atoms with Crippen molar-refractivity contribution in [3.05, 3.63) is 53.8 Å². The third-order valence-electron chi connectivity index (χ3n) is 5.66. The Labute approximate surface area is 189 Å². The third-order valence-corrected chi connectivity index (χ3v) is 5.66.